The fourth-order valence-electron chi connectivity index (χ4n) is 3.20. The molecule has 0 aromatic rings. The number of aliphatic carboxylic acids is 1. The van der Waals surface area contributed by atoms with Crippen molar-refractivity contribution in [3.8, 4) is 12.3 Å². The van der Waals surface area contributed by atoms with Gasteiger partial charge in [0, 0.05) is 13.0 Å². The number of amides is 1. The Labute approximate surface area is 113 Å². The van der Waals surface area contributed by atoms with E-state index in [0.29, 0.717) is 13.0 Å². The number of terminal acetylenes is 1. The fourth-order valence-corrected chi connectivity index (χ4v) is 3.20. The second kappa shape index (κ2) is 5.92. The van der Waals surface area contributed by atoms with Gasteiger partial charge in [-0.3, -0.25) is 9.59 Å². The Morgan fingerprint density at radius 2 is 1.95 bits per heavy atom. The van der Waals surface area contributed by atoms with E-state index in [1.807, 2.05) is 12.2 Å². The van der Waals surface area contributed by atoms with Gasteiger partial charge in [0.2, 0.25) is 5.91 Å². The molecule has 2 aliphatic carbocycles. The third-order valence-corrected chi connectivity index (χ3v) is 4.09. The van der Waals surface area contributed by atoms with E-state index in [9.17, 15) is 14.7 Å². The Hall–Kier alpha value is -1.76. The first kappa shape index (κ1) is 13.7. The molecule has 0 aromatic carbocycles. The quantitative estimate of drug-likeness (QED) is 0.432. The van der Waals surface area contributed by atoms with E-state index >= 15 is 0 Å². The molecule has 0 aromatic heterocycles. The van der Waals surface area contributed by atoms with Gasteiger partial charge in [0.1, 0.15) is 0 Å². The lowest BCUT2D eigenvalue weighted by molar-refractivity contribution is -0.147. The van der Waals surface area contributed by atoms with Crippen LogP contribution in [0.5, 0.6) is 0 Å². The van der Waals surface area contributed by atoms with E-state index in [0.717, 1.165) is 19.3 Å². The molecule has 4 heteroatoms. The van der Waals surface area contributed by atoms with E-state index in [2.05, 4.69) is 11.2 Å². The number of unbranched alkanes of at least 4 members (excludes halogenated alkanes) is 2. The van der Waals surface area contributed by atoms with Gasteiger partial charge in [0.05, 0.1) is 11.8 Å². The molecule has 2 bridgehead atoms. The monoisotopic (exact) mass is 261 g/mol. The molecule has 1 amide bonds. The second-order valence-electron chi connectivity index (χ2n) is 5.29. The summed E-state index contributed by atoms with van der Waals surface area (Å²) in [5.74, 6) is 0.742. The van der Waals surface area contributed by atoms with Crippen LogP contribution in [0.25, 0.3) is 0 Å². The van der Waals surface area contributed by atoms with Crippen molar-refractivity contribution >= 4 is 11.9 Å². The maximum absolute atomic E-state index is 12.1. The number of allylic oxidation sites excluding steroid dienone is 2. The van der Waals surface area contributed by atoms with Crippen molar-refractivity contribution in [1.29, 1.82) is 0 Å². The highest BCUT2D eigenvalue weighted by atomic mass is 16.4. The van der Waals surface area contributed by atoms with Gasteiger partial charge < -0.3 is 10.4 Å². The molecule has 2 rings (SSSR count). The van der Waals surface area contributed by atoms with Crippen LogP contribution in [0.4, 0.5) is 0 Å². The zero-order valence-corrected chi connectivity index (χ0v) is 10.8. The van der Waals surface area contributed by atoms with Crippen LogP contribution in [0, 0.1) is 36.0 Å². The SMILES string of the molecule is C#CCCCCNC(=O)[C@H]1C2C=CC(C2)[C@H]1C(=O)O. The number of nitrogens with one attached hydrogen (secondary N) is 1. The Morgan fingerprint density at radius 1 is 1.26 bits per heavy atom. The highest BCUT2D eigenvalue weighted by molar-refractivity contribution is 5.86. The van der Waals surface area contributed by atoms with Crippen molar-refractivity contribution in [1.82, 2.24) is 5.32 Å². The van der Waals surface area contributed by atoms with Gasteiger partial charge in [0.25, 0.3) is 0 Å². The van der Waals surface area contributed by atoms with Gasteiger partial charge in [-0.2, -0.15) is 0 Å². The van der Waals surface area contributed by atoms with Gasteiger partial charge in [-0.15, -0.1) is 12.3 Å². The van der Waals surface area contributed by atoms with Crippen LogP contribution in [0.15, 0.2) is 12.2 Å². The van der Waals surface area contributed by atoms with Crippen LogP contribution < -0.4 is 5.32 Å². The lowest BCUT2D eigenvalue weighted by Gasteiger charge is -2.23. The average Bonchev–Trinajstić information content (AvgIpc) is 2.98. The highest BCUT2D eigenvalue weighted by Gasteiger charge is 2.51. The number of carbonyl (C=O) groups is 2. The smallest absolute Gasteiger partial charge is 0.307 e. The predicted molar refractivity (Wildman–Crippen MR) is 71.0 cm³/mol. The summed E-state index contributed by atoms with van der Waals surface area (Å²) in [6.45, 7) is 0.574. The first-order valence-electron chi connectivity index (χ1n) is 6.77. The minimum Gasteiger partial charge on any atom is -0.481 e. The molecule has 2 N–H and O–H groups in total. The second-order valence-corrected chi connectivity index (χ2v) is 5.29. The first-order chi connectivity index (χ1) is 9.15. The Kier molecular flexibility index (Phi) is 4.26. The fraction of sp³-hybridized carbons (Fsp3) is 0.600. The van der Waals surface area contributed by atoms with Crippen LogP contribution in [0.2, 0.25) is 0 Å². The van der Waals surface area contributed by atoms with Crippen LogP contribution in [-0.2, 0) is 9.59 Å². The topological polar surface area (TPSA) is 66.4 Å². The zero-order chi connectivity index (χ0) is 13.8. The van der Waals surface area contributed by atoms with E-state index in [1.54, 1.807) is 0 Å². The number of fused-ring (bicyclic) bond motifs is 2. The Balaban J connectivity index is 1.86. The highest BCUT2D eigenvalue weighted by Crippen LogP contribution is 2.48. The summed E-state index contributed by atoms with van der Waals surface area (Å²) in [6, 6.07) is 0. The minimum atomic E-state index is -0.857. The lowest BCUT2D eigenvalue weighted by Crippen LogP contribution is -2.40. The molecule has 102 valence electrons. The van der Waals surface area contributed by atoms with Crippen LogP contribution >= 0.6 is 0 Å². The van der Waals surface area contributed by atoms with Crippen LogP contribution in [-0.4, -0.2) is 23.5 Å². The van der Waals surface area contributed by atoms with Crippen molar-refractivity contribution in [3.05, 3.63) is 12.2 Å². The number of carboxylic acid groups (broad SMARTS) is 1. The first-order valence-corrected chi connectivity index (χ1v) is 6.77. The standard InChI is InChI=1S/C15H19NO3/c1-2-3-4-5-8-16-14(17)12-10-6-7-11(9-10)13(12)15(18)19/h1,6-7,10-13H,3-5,8-9H2,(H,16,17)(H,18,19)/t10?,11?,12-,13+/m0/s1. The van der Waals surface area contributed by atoms with Crippen molar-refractivity contribution in [2.45, 2.75) is 25.7 Å². The van der Waals surface area contributed by atoms with E-state index < -0.39 is 17.8 Å². The van der Waals surface area contributed by atoms with Crippen LogP contribution in [0.3, 0.4) is 0 Å². The molecule has 2 aliphatic rings. The summed E-state index contributed by atoms with van der Waals surface area (Å²) in [5, 5.41) is 12.1. The number of hydrogen-bond donors (Lipinski definition) is 2. The van der Waals surface area contributed by atoms with E-state index in [4.69, 9.17) is 6.42 Å². The third kappa shape index (κ3) is 2.81. The maximum atomic E-state index is 12.1. The number of carbonyl (C=O) groups excluding carboxylic acids is 1. The molecule has 1 saturated carbocycles. The van der Waals surface area contributed by atoms with Crippen molar-refractivity contribution in [2.75, 3.05) is 6.54 Å². The summed E-state index contributed by atoms with van der Waals surface area (Å²) in [6.07, 6.45) is 12.3. The molecule has 0 saturated heterocycles. The molecule has 0 spiro atoms. The van der Waals surface area contributed by atoms with Gasteiger partial charge >= 0.3 is 5.97 Å². The number of hydrogen-bond acceptors (Lipinski definition) is 2. The van der Waals surface area contributed by atoms with Gasteiger partial charge in [-0.05, 0) is 31.1 Å². The zero-order valence-electron chi connectivity index (χ0n) is 10.8. The lowest BCUT2D eigenvalue weighted by atomic mass is 9.82. The average molecular weight is 261 g/mol. The Bertz CT molecular complexity index is 435. The number of rotatable bonds is 6. The van der Waals surface area contributed by atoms with Gasteiger partial charge in [0.15, 0.2) is 0 Å². The molecular formula is C15H19NO3. The van der Waals surface area contributed by atoms with Gasteiger partial charge in [-0.1, -0.05) is 12.2 Å². The molecule has 0 radical (unpaired) electrons. The Morgan fingerprint density at radius 3 is 2.58 bits per heavy atom. The van der Waals surface area contributed by atoms with Gasteiger partial charge in [-0.25, -0.2) is 0 Å². The normalized spacial score (nSPS) is 31.1. The third-order valence-electron chi connectivity index (χ3n) is 4.09. The molecule has 4 nitrogen and oxygen atoms in total. The largest absolute Gasteiger partial charge is 0.481 e. The predicted octanol–water partition coefficient (Wildman–Crippen LogP) is 1.43. The van der Waals surface area contributed by atoms with Crippen molar-refractivity contribution < 1.29 is 14.7 Å². The molecule has 2 unspecified atom stereocenters. The molecule has 4 atom stereocenters. The summed E-state index contributed by atoms with van der Waals surface area (Å²) in [7, 11) is 0. The van der Waals surface area contributed by atoms with Crippen molar-refractivity contribution in [2.24, 2.45) is 23.7 Å². The van der Waals surface area contributed by atoms with E-state index in [-0.39, 0.29) is 17.7 Å². The summed E-state index contributed by atoms with van der Waals surface area (Å²) >= 11 is 0. The molecule has 1 fully saturated rings. The summed E-state index contributed by atoms with van der Waals surface area (Å²) < 4.78 is 0. The van der Waals surface area contributed by atoms with Crippen LogP contribution in [0.1, 0.15) is 25.7 Å². The molecular weight excluding hydrogens is 242 g/mol. The summed E-state index contributed by atoms with van der Waals surface area (Å²) in [4.78, 5) is 23.4. The number of carboxylic acids is 1. The van der Waals surface area contributed by atoms with Crippen molar-refractivity contribution in [3.63, 3.8) is 0 Å². The molecule has 19 heavy (non-hydrogen) atoms. The molecule has 0 heterocycles. The molecule has 0 aliphatic heterocycles. The van der Waals surface area contributed by atoms with E-state index in [1.165, 1.54) is 0 Å². The minimum absolute atomic E-state index is 0.0275. The maximum Gasteiger partial charge on any atom is 0.307 e. The summed E-state index contributed by atoms with van der Waals surface area (Å²) in [5.41, 5.74) is 0.